The summed E-state index contributed by atoms with van der Waals surface area (Å²) in [4.78, 5) is 19.3. The number of esters is 1. The Balaban J connectivity index is 1.40. The molecule has 0 radical (unpaired) electrons. The molecule has 168 valence electrons. The summed E-state index contributed by atoms with van der Waals surface area (Å²) < 4.78 is 6.61. The molecular formula is C23H36IN3O3. The maximum absolute atomic E-state index is 12.0. The van der Waals surface area contributed by atoms with E-state index in [0.29, 0.717) is 12.5 Å². The molecule has 2 heterocycles. The zero-order valence-electron chi connectivity index (χ0n) is 18.6. The van der Waals surface area contributed by atoms with Gasteiger partial charge in [-0.15, -0.1) is 0 Å². The molecule has 0 aromatic heterocycles. The number of rotatable bonds is 6. The lowest BCUT2D eigenvalue weighted by Crippen LogP contribution is -2.49. The van der Waals surface area contributed by atoms with Crippen molar-refractivity contribution in [2.24, 2.45) is 5.92 Å². The van der Waals surface area contributed by atoms with E-state index in [9.17, 15) is 9.90 Å². The van der Waals surface area contributed by atoms with Crippen LogP contribution in [0.3, 0.4) is 0 Å². The number of piperidine rings is 1. The molecule has 0 bridgehead atoms. The fourth-order valence-electron chi connectivity index (χ4n) is 4.41. The van der Waals surface area contributed by atoms with E-state index in [0.717, 1.165) is 67.8 Å². The van der Waals surface area contributed by atoms with Crippen LogP contribution < -0.4 is 4.90 Å². The van der Waals surface area contributed by atoms with Crippen LogP contribution in [0.1, 0.15) is 39.2 Å². The number of aliphatic hydroxyl groups is 1. The SMILES string of the molecule is CC(C)(C)OC(=O)CN1CCC(CN2CCN(c3ccc(I)cc3CO)CC2)CC1. The van der Waals surface area contributed by atoms with Gasteiger partial charge in [-0.2, -0.15) is 0 Å². The second-order valence-corrected chi connectivity index (χ2v) is 10.8. The van der Waals surface area contributed by atoms with Crippen LogP contribution in [0.2, 0.25) is 0 Å². The molecule has 0 amide bonds. The monoisotopic (exact) mass is 529 g/mol. The Morgan fingerprint density at radius 2 is 1.77 bits per heavy atom. The predicted octanol–water partition coefficient (Wildman–Crippen LogP) is 2.96. The average molecular weight is 529 g/mol. The quantitative estimate of drug-likeness (QED) is 0.452. The van der Waals surface area contributed by atoms with Crippen LogP contribution in [0.15, 0.2) is 18.2 Å². The molecular weight excluding hydrogens is 493 g/mol. The number of anilines is 1. The number of likely N-dealkylation sites (tertiary alicyclic amines) is 1. The molecule has 0 unspecified atom stereocenters. The number of piperazine rings is 1. The number of halogens is 1. The maximum Gasteiger partial charge on any atom is 0.320 e. The number of carbonyl (C=O) groups is 1. The lowest BCUT2D eigenvalue weighted by atomic mass is 9.96. The topological polar surface area (TPSA) is 56.2 Å². The Bertz CT molecular complexity index is 706. The van der Waals surface area contributed by atoms with Gasteiger partial charge in [0.2, 0.25) is 0 Å². The van der Waals surface area contributed by atoms with Crippen molar-refractivity contribution in [3.63, 3.8) is 0 Å². The van der Waals surface area contributed by atoms with Crippen LogP contribution in [-0.2, 0) is 16.1 Å². The Morgan fingerprint density at radius 3 is 2.37 bits per heavy atom. The zero-order chi connectivity index (χ0) is 21.7. The van der Waals surface area contributed by atoms with E-state index in [1.807, 2.05) is 20.8 Å². The number of hydrogen-bond donors (Lipinski definition) is 1. The normalized spacial score (nSPS) is 19.8. The molecule has 2 aliphatic heterocycles. The number of hydrogen-bond acceptors (Lipinski definition) is 6. The Hall–Kier alpha value is -0.900. The first-order valence-corrected chi connectivity index (χ1v) is 12.1. The number of aliphatic hydroxyl groups excluding tert-OH is 1. The van der Waals surface area contributed by atoms with Crippen LogP contribution in [-0.4, -0.2) is 78.8 Å². The minimum atomic E-state index is -0.409. The minimum Gasteiger partial charge on any atom is -0.459 e. The van der Waals surface area contributed by atoms with Crippen LogP contribution in [0.5, 0.6) is 0 Å². The first-order valence-electron chi connectivity index (χ1n) is 11.0. The standard InChI is InChI=1S/C23H36IN3O3/c1-23(2,3)30-22(29)16-25-8-6-18(7-9-25)15-26-10-12-27(13-11-26)21-5-4-20(24)14-19(21)17-28/h4-5,14,18,28H,6-13,15-17H2,1-3H3. The number of carbonyl (C=O) groups excluding carboxylic acids is 1. The Kier molecular flexibility index (Phi) is 8.40. The van der Waals surface area contributed by atoms with Gasteiger partial charge in [-0.1, -0.05) is 0 Å². The van der Waals surface area contributed by atoms with Gasteiger partial charge in [0.05, 0.1) is 13.2 Å². The van der Waals surface area contributed by atoms with Crippen molar-refractivity contribution >= 4 is 34.2 Å². The zero-order valence-corrected chi connectivity index (χ0v) is 20.7. The van der Waals surface area contributed by atoms with Crippen LogP contribution >= 0.6 is 22.6 Å². The van der Waals surface area contributed by atoms with Gasteiger partial charge < -0.3 is 14.7 Å². The fourth-order valence-corrected chi connectivity index (χ4v) is 4.96. The molecule has 2 saturated heterocycles. The van der Waals surface area contributed by atoms with Crippen LogP contribution in [0.4, 0.5) is 5.69 Å². The summed E-state index contributed by atoms with van der Waals surface area (Å²) >= 11 is 2.30. The summed E-state index contributed by atoms with van der Waals surface area (Å²) in [5.41, 5.74) is 1.79. The fraction of sp³-hybridized carbons (Fsp3) is 0.696. The summed E-state index contributed by atoms with van der Waals surface area (Å²) in [5.74, 6) is 0.590. The number of ether oxygens (including phenoxy) is 1. The van der Waals surface area contributed by atoms with Crippen molar-refractivity contribution in [1.29, 1.82) is 0 Å². The highest BCUT2D eigenvalue weighted by Gasteiger charge is 2.26. The lowest BCUT2D eigenvalue weighted by Gasteiger charge is -2.40. The van der Waals surface area contributed by atoms with Crippen molar-refractivity contribution in [1.82, 2.24) is 9.80 Å². The number of nitrogens with zero attached hydrogens (tertiary/aromatic N) is 3. The third-order valence-corrected chi connectivity index (χ3v) is 6.59. The van der Waals surface area contributed by atoms with E-state index < -0.39 is 5.60 Å². The molecule has 2 fully saturated rings. The van der Waals surface area contributed by atoms with Gasteiger partial charge in [0.25, 0.3) is 0 Å². The van der Waals surface area contributed by atoms with Gasteiger partial charge in [-0.3, -0.25) is 14.6 Å². The molecule has 0 atom stereocenters. The molecule has 2 aliphatic rings. The molecule has 7 heteroatoms. The van der Waals surface area contributed by atoms with E-state index in [1.165, 1.54) is 5.69 Å². The van der Waals surface area contributed by atoms with Crippen LogP contribution in [0.25, 0.3) is 0 Å². The Labute approximate surface area is 194 Å². The molecule has 3 rings (SSSR count). The molecule has 1 aromatic carbocycles. The maximum atomic E-state index is 12.0. The first kappa shape index (κ1) is 23.8. The molecule has 1 aromatic rings. The Morgan fingerprint density at radius 1 is 1.10 bits per heavy atom. The molecule has 0 aliphatic carbocycles. The third kappa shape index (κ3) is 7.07. The smallest absolute Gasteiger partial charge is 0.320 e. The van der Waals surface area contributed by atoms with Crippen molar-refractivity contribution in [3.8, 4) is 0 Å². The second-order valence-electron chi connectivity index (χ2n) is 9.52. The second kappa shape index (κ2) is 10.6. The number of benzene rings is 1. The van der Waals surface area contributed by atoms with Gasteiger partial charge in [-0.25, -0.2) is 0 Å². The molecule has 0 saturated carbocycles. The van der Waals surface area contributed by atoms with Gasteiger partial charge >= 0.3 is 5.97 Å². The summed E-state index contributed by atoms with van der Waals surface area (Å²) in [7, 11) is 0. The summed E-state index contributed by atoms with van der Waals surface area (Å²) in [6, 6.07) is 6.34. The minimum absolute atomic E-state index is 0.0915. The highest BCUT2D eigenvalue weighted by molar-refractivity contribution is 14.1. The summed E-state index contributed by atoms with van der Waals surface area (Å²) in [5, 5.41) is 9.70. The van der Waals surface area contributed by atoms with E-state index in [2.05, 4.69) is 55.5 Å². The van der Waals surface area contributed by atoms with Crippen LogP contribution in [0, 0.1) is 9.49 Å². The lowest BCUT2D eigenvalue weighted by molar-refractivity contribution is -0.156. The van der Waals surface area contributed by atoms with Crippen molar-refractivity contribution < 1.29 is 14.6 Å². The van der Waals surface area contributed by atoms with Gasteiger partial charge in [0.15, 0.2) is 0 Å². The van der Waals surface area contributed by atoms with Gasteiger partial charge in [-0.05, 0) is 93.4 Å². The predicted molar refractivity (Wildman–Crippen MR) is 129 cm³/mol. The van der Waals surface area contributed by atoms with E-state index in [-0.39, 0.29) is 12.6 Å². The van der Waals surface area contributed by atoms with E-state index in [4.69, 9.17) is 4.74 Å². The van der Waals surface area contributed by atoms with Crippen molar-refractivity contribution in [2.75, 3.05) is 57.3 Å². The largest absolute Gasteiger partial charge is 0.459 e. The highest BCUT2D eigenvalue weighted by Crippen LogP contribution is 2.25. The third-order valence-electron chi connectivity index (χ3n) is 5.92. The summed E-state index contributed by atoms with van der Waals surface area (Å²) in [6.45, 7) is 13.5. The van der Waals surface area contributed by atoms with E-state index in [1.54, 1.807) is 0 Å². The molecule has 0 spiro atoms. The molecule has 1 N–H and O–H groups in total. The average Bonchev–Trinajstić information content (AvgIpc) is 2.68. The van der Waals surface area contributed by atoms with Crippen molar-refractivity contribution in [3.05, 3.63) is 27.3 Å². The van der Waals surface area contributed by atoms with Gasteiger partial charge in [0.1, 0.15) is 5.60 Å². The first-order chi connectivity index (χ1) is 14.2. The molecule has 30 heavy (non-hydrogen) atoms. The van der Waals surface area contributed by atoms with Gasteiger partial charge in [0, 0.05) is 47.5 Å². The highest BCUT2D eigenvalue weighted by atomic mass is 127. The molecule has 6 nitrogen and oxygen atoms in total. The van der Waals surface area contributed by atoms with Crippen molar-refractivity contribution in [2.45, 2.75) is 45.8 Å². The summed E-state index contributed by atoms with van der Waals surface area (Å²) in [6.07, 6.45) is 2.30. The van der Waals surface area contributed by atoms with E-state index >= 15 is 0 Å².